The number of carbonyl (C=O) groups excluding carboxylic acids is 1. The van der Waals surface area contributed by atoms with Crippen LogP contribution < -0.4 is 5.32 Å². The first-order chi connectivity index (χ1) is 14.6. The van der Waals surface area contributed by atoms with Crippen molar-refractivity contribution in [3.63, 3.8) is 0 Å². The minimum Gasteiger partial charge on any atom is -0.341 e. The van der Waals surface area contributed by atoms with Gasteiger partial charge in [0.2, 0.25) is 0 Å². The molecule has 0 saturated carbocycles. The first kappa shape index (κ1) is 20.6. The Morgan fingerprint density at radius 1 is 1.13 bits per heavy atom. The van der Waals surface area contributed by atoms with E-state index in [1.165, 1.54) is 17.4 Å². The minimum atomic E-state index is -0.816. The number of hydrogen-bond donors (Lipinski definition) is 1. The maximum absolute atomic E-state index is 14.0. The fraction of sp³-hybridized carbons (Fsp3) is 0.318. The molecule has 1 amide bonds. The molecule has 4 rings (SSSR count). The third-order valence-electron chi connectivity index (χ3n) is 5.43. The Morgan fingerprint density at radius 3 is 2.67 bits per heavy atom. The van der Waals surface area contributed by atoms with Gasteiger partial charge in [-0.3, -0.25) is 14.7 Å². The van der Waals surface area contributed by atoms with Crippen LogP contribution >= 0.6 is 11.3 Å². The number of aromatic nitrogens is 2. The van der Waals surface area contributed by atoms with Gasteiger partial charge in [0.1, 0.15) is 10.7 Å². The lowest BCUT2D eigenvalue weighted by Gasteiger charge is -2.35. The van der Waals surface area contributed by atoms with E-state index in [9.17, 15) is 13.6 Å². The summed E-state index contributed by atoms with van der Waals surface area (Å²) in [6, 6.07) is 9.32. The van der Waals surface area contributed by atoms with E-state index in [-0.39, 0.29) is 17.9 Å². The van der Waals surface area contributed by atoms with Crippen LogP contribution in [0.25, 0.3) is 0 Å². The predicted octanol–water partition coefficient (Wildman–Crippen LogP) is 4.20. The van der Waals surface area contributed by atoms with Gasteiger partial charge in [-0.2, -0.15) is 0 Å². The largest absolute Gasteiger partial charge is 0.341 e. The Hall–Kier alpha value is -2.71. The Bertz CT molecular complexity index is 976. The monoisotopic (exact) mass is 428 g/mol. The first-order valence-electron chi connectivity index (χ1n) is 9.88. The Kier molecular flexibility index (Phi) is 6.44. The Balaban J connectivity index is 1.42. The molecule has 30 heavy (non-hydrogen) atoms. The van der Waals surface area contributed by atoms with E-state index in [1.54, 1.807) is 36.7 Å². The van der Waals surface area contributed by atoms with Crippen LogP contribution in [0.1, 0.15) is 39.9 Å². The second-order valence-electron chi connectivity index (χ2n) is 7.36. The number of piperidine rings is 1. The van der Waals surface area contributed by atoms with E-state index in [0.717, 1.165) is 37.0 Å². The summed E-state index contributed by atoms with van der Waals surface area (Å²) in [6.07, 6.45) is 4.98. The number of carbonyl (C=O) groups is 1. The van der Waals surface area contributed by atoms with E-state index in [2.05, 4.69) is 20.2 Å². The number of halogens is 2. The van der Waals surface area contributed by atoms with Crippen LogP contribution in [-0.4, -0.2) is 33.9 Å². The molecule has 1 unspecified atom stereocenters. The molecule has 1 saturated heterocycles. The molecule has 1 fully saturated rings. The van der Waals surface area contributed by atoms with Crippen molar-refractivity contribution in [1.82, 2.24) is 20.2 Å². The highest BCUT2D eigenvalue weighted by Crippen LogP contribution is 2.32. The maximum Gasteiger partial charge on any atom is 0.270 e. The molecule has 1 aromatic carbocycles. The number of likely N-dealkylation sites (tertiary alicyclic amines) is 1. The SMILES string of the molecule is O=C(NC(c1nccs1)C1CCN(Cc2cccc(F)c2F)CC1)c1ccccn1. The number of benzene rings is 1. The molecule has 0 aliphatic carbocycles. The van der Waals surface area contributed by atoms with Crippen LogP contribution in [0, 0.1) is 17.6 Å². The van der Waals surface area contributed by atoms with Gasteiger partial charge >= 0.3 is 0 Å². The number of hydrogen-bond acceptors (Lipinski definition) is 5. The van der Waals surface area contributed by atoms with Crippen LogP contribution in [0.4, 0.5) is 8.78 Å². The van der Waals surface area contributed by atoms with Crippen molar-refractivity contribution in [2.45, 2.75) is 25.4 Å². The number of pyridine rings is 1. The second kappa shape index (κ2) is 9.40. The zero-order chi connectivity index (χ0) is 20.9. The minimum absolute atomic E-state index is 0.201. The summed E-state index contributed by atoms with van der Waals surface area (Å²) in [5.74, 6) is -1.61. The molecule has 1 N–H and O–H groups in total. The van der Waals surface area contributed by atoms with Crippen LogP contribution in [0.3, 0.4) is 0 Å². The molecule has 2 aromatic heterocycles. The molecule has 8 heteroatoms. The molecule has 5 nitrogen and oxygen atoms in total. The Morgan fingerprint density at radius 2 is 1.97 bits per heavy atom. The van der Waals surface area contributed by atoms with Crippen molar-refractivity contribution in [2.24, 2.45) is 5.92 Å². The summed E-state index contributed by atoms with van der Waals surface area (Å²) in [5.41, 5.74) is 0.742. The van der Waals surface area contributed by atoms with Gasteiger partial charge in [-0.1, -0.05) is 18.2 Å². The van der Waals surface area contributed by atoms with E-state index in [0.29, 0.717) is 17.8 Å². The summed E-state index contributed by atoms with van der Waals surface area (Å²) in [4.78, 5) is 23.4. The smallest absolute Gasteiger partial charge is 0.270 e. The van der Waals surface area contributed by atoms with Gasteiger partial charge in [-0.25, -0.2) is 13.8 Å². The van der Waals surface area contributed by atoms with Crippen molar-refractivity contribution in [1.29, 1.82) is 0 Å². The fourth-order valence-electron chi connectivity index (χ4n) is 3.84. The quantitative estimate of drug-likeness (QED) is 0.639. The van der Waals surface area contributed by atoms with Gasteiger partial charge in [0.05, 0.1) is 6.04 Å². The zero-order valence-corrected chi connectivity index (χ0v) is 17.1. The Labute approximate surface area is 177 Å². The lowest BCUT2D eigenvalue weighted by molar-refractivity contribution is 0.0885. The summed E-state index contributed by atoms with van der Waals surface area (Å²) in [6.45, 7) is 1.85. The average molecular weight is 429 g/mol. The van der Waals surface area contributed by atoms with E-state index < -0.39 is 11.6 Å². The second-order valence-corrected chi connectivity index (χ2v) is 8.29. The van der Waals surface area contributed by atoms with Crippen molar-refractivity contribution < 1.29 is 13.6 Å². The summed E-state index contributed by atoms with van der Waals surface area (Å²) in [5, 5.41) is 5.87. The number of nitrogens with zero attached hydrogens (tertiary/aromatic N) is 3. The molecule has 0 radical (unpaired) electrons. The van der Waals surface area contributed by atoms with Gasteiger partial charge in [0, 0.05) is 29.9 Å². The van der Waals surface area contributed by atoms with Gasteiger partial charge < -0.3 is 5.32 Å². The van der Waals surface area contributed by atoms with Gasteiger partial charge in [-0.15, -0.1) is 11.3 Å². The number of amides is 1. The fourth-order valence-corrected chi connectivity index (χ4v) is 4.62. The lowest BCUT2D eigenvalue weighted by atomic mass is 9.89. The number of nitrogens with one attached hydrogen (secondary N) is 1. The van der Waals surface area contributed by atoms with Crippen LogP contribution in [0.5, 0.6) is 0 Å². The van der Waals surface area contributed by atoms with Crippen molar-refractivity contribution in [2.75, 3.05) is 13.1 Å². The average Bonchev–Trinajstić information content (AvgIpc) is 3.31. The number of rotatable bonds is 6. The summed E-state index contributed by atoms with van der Waals surface area (Å²) >= 11 is 1.52. The molecule has 3 aromatic rings. The number of thiazole rings is 1. The van der Waals surface area contributed by atoms with Crippen molar-refractivity contribution in [3.05, 3.63) is 82.1 Å². The van der Waals surface area contributed by atoms with E-state index in [4.69, 9.17) is 0 Å². The molecule has 0 bridgehead atoms. The first-order valence-corrected chi connectivity index (χ1v) is 10.8. The molecule has 1 aliphatic rings. The normalized spacial score (nSPS) is 16.3. The maximum atomic E-state index is 14.0. The molecular weight excluding hydrogens is 406 g/mol. The highest BCUT2D eigenvalue weighted by atomic mass is 32.1. The van der Waals surface area contributed by atoms with Gasteiger partial charge in [0.15, 0.2) is 11.6 Å². The van der Waals surface area contributed by atoms with Crippen LogP contribution in [0.2, 0.25) is 0 Å². The molecule has 0 spiro atoms. The summed E-state index contributed by atoms with van der Waals surface area (Å²) in [7, 11) is 0. The van der Waals surface area contributed by atoms with Crippen LogP contribution in [-0.2, 0) is 6.54 Å². The highest BCUT2D eigenvalue weighted by molar-refractivity contribution is 7.09. The van der Waals surface area contributed by atoms with E-state index >= 15 is 0 Å². The van der Waals surface area contributed by atoms with E-state index in [1.807, 2.05) is 5.38 Å². The molecule has 1 atom stereocenters. The van der Waals surface area contributed by atoms with Crippen LogP contribution in [0.15, 0.2) is 54.2 Å². The third-order valence-corrected chi connectivity index (χ3v) is 6.29. The lowest BCUT2D eigenvalue weighted by Crippen LogP contribution is -2.40. The molecule has 3 heterocycles. The van der Waals surface area contributed by atoms with Gasteiger partial charge in [-0.05, 0) is 50.0 Å². The predicted molar refractivity (Wildman–Crippen MR) is 111 cm³/mol. The van der Waals surface area contributed by atoms with Gasteiger partial charge in [0.25, 0.3) is 5.91 Å². The molecular formula is C22H22F2N4OS. The zero-order valence-electron chi connectivity index (χ0n) is 16.3. The topological polar surface area (TPSA) is 58.1 Å². The molecule has 1 aliphatic heterocycles. The van der Waals surface area contributed by atoms with Crippen molar-refractivity contribution in [3.8, 4) is 0 Å². The highest BCUT2D eigenvalue weighted by Gasteiger charge is 2.31. The summed E-state index contributed by atoms with van der Waals surface area (Å²) < 4.78 is 27.5. The standard InChI is InChI=1S/C22H22F2N4OS/c23-17-5-3-4-16(19(17)24)14-28-11-7-15(8-12-28)20(22-26-10-13-30-22)27-21(29)18-6-1-2-9-25-18/h1-6,9-10,13,15,20H,7-8,11-12,14H2,(H,27,29). The van der Waals surface area contributed by atoms with Crippen molar-refractivity contribution >= 4 is 17.2 Å². The molecule has 156 valence electrons. The third kappa shape index (κ3) is 4.71.